The first-order chi connectivity index (χ1) is 9.11. The topological polar surface area (TPSA) is 23.5 Å². The van der Waals surface area contributed by atoms with Crippen LogP contribution in [0.2, 0.25) is 0 Å². The summed E-state index contributed by atoms with van der Waals surface area (Å²) < 4.78 is 27.8. The van der Waals surface area contributed by atoms with Crippen molar-refractivity contribution in [1.29, 1.82) is 0 Å². The van der Waals surface area contributed by atoms with Crippen molar-refractivity contribution in [3.8, 4) is 0 Å². The van der Waals surface area contributed by atoms with E-state index in [0.29, 0.717) is 12.5 Å². The molecule has 1 saturated carbocycles. The van der Waals surface area contributed by atoms with Crippen LogP contribution in [0.3, 0.4) is 0 Å². The Labute approximate surface area is 113 Å². The van der Waals surface area contributed by atoms with Crippen LogP contribution in [0.15, 0.2) is 12.1 Å². The molecule has 0 bridgehead atoms. The van der Waals surface area contributed by atoms with Crippen molar-refractivity contribution in [3.05, 3.63) is 29.3 Å². The van der Waals surface area contributed by atoms with E-state index in [-0.39, 0.29) is 17.9 Å². The van der Waals surface area contributed by atoms with Gasteiger partial charge < -0.3 is 10.0 Å². The Morgan fingerprint density at radius 2 is 1.74 bits per heavy atom. The highest BCUT2D eigenvalue weighted by atomic mass is 19.1. The van der Waals surface area contributed by atoms with E-state index in [9.17, 15) is 8.78 Å². The van der Waals surface area contributed by atoms with Gasteiger partial charge in [0.2, 0.25) is 0 Å². The molecule has 106 valence electrons. The van der Waals surface area contributed by atoms with E-state index in [1.807, 2.05) is 0 Å². The lowest BCUT2D eigenvalue weighted by Crippen LogP contribution is -2.28. The van der Waals surface area contributed by atoms with Gasteiger partial charge in [0, 0.05) is 13.6 Å². The number of aliphatic hydroxyl groups excluding tert-OH is 1. The number of rotatable bonds is 4. The first-order valence-corrected chi connectivity index (χ1v) is 6.91. The van der Waals surface area contributed by atoms with Crippen LogP contribution in [-0.2, 0) is 6.61 Å². The Kier molecular flexibility index (Phi) is 4.75. The molecule has 1 fully saturated rings. The summed E-state index contributed by atoms with van der Waals surface area (Å²) in [5, 5.41) is 8.93. The number of hydrogen-bond acceptors (Lipinski definition) is 2. The summed E-state index contributed by atoms with van der Waals surface area (Å²) in [5.74, 6) is -0.667. The standard InChI is InChI=1S/C15H21F2NO/c1-18(9-11-5-3-2-4-6-11)15-13(16)7-12(10-19)8-14(15)17/h7-8,11,19H,2-6,9-10H2,1H3. The Bertz CT molecular complexity index is 407. The van der Waals surface area contributed by atoms with Gasteiger partial charge in [-0.3, -0.25) is 0 Å². The third-order valence-electron chi connectivity index (χ3n) is 3.90. The molecule has 0 aromatic heterocycles. The molecule has 0 spiro atoms. The SMILES string of the molecule is CN(CC1CCCCC1)c1c(F)cc(CO)cc1F. The van der Waals surface area contributed by atoms with Crippen molar-refractivity contribution >= 4 is 5.69 Å². The molecule has 1 aliphatic rings. The number of benzene rings is 1. The maximum absolute atomic E-state index is 13.9. The summed E-state index contributed by atoms with van der Waals surface area (Å²) in [6.07, 6.45) is 5.98. The van der Waals surface area contributed by atoms with Gasteiger partial charge in [0.05, 0.1) is 6.61 Å². The first kappa shape index (κ1) is 14.3. The zero-order valence-electron chi connectivity index (χ0n) is 11.3. The van der Waals surface area contributed by atoms with Gasteiger partial charge in [-0.05, 0) is 36.5 Å². The predicted octanol–water partition coefficient (Wildman–Crippen LogP) is 3.47. The zero-order chi connectivity index (χ0) is 13.8. The minimum absolute atomic E-state index is 0.0165. The van der Waals surface area contributed by atoms with E-state index < -0.39 is 11.6 Å². The summed E-state index contributed by atoms with van der Waals surface area (Å²) in [7, 11) is 1.73. The summed E-state index contributed by atoms with van der Waals surface area (Å²) in [6, 6.07) is 2.41. The fraction of sp³-hybridized carbons (Fsp3) is 0.600. The van der Waals surface area contributed by atoms with Gasteiger partial charge in [0.25, 0.3) is 0 Å². The Balaban J connectivity index is 2.11. The van der Waals surface area contributed by atoms with Gasteiger partial charge in [0.15, 0.2) is 0 Å². The second-order valence-corrected chi connectivity index (χ2v) is 5.45. The summed E-state index contributed by atoms with van der Waals surface area (Å²) in [6.45, 7) is 0.340. The van der Waals surface area contributed by atoms with E-state index in [1.165, 1.54) is 31.4 Å². The molecule has 0 heterocycles. The van der Waals surface area contributed by atoms with E-state index in [0.717, 1.165) is 12.8 Å². The highest BCUT2D eigenvalue weighted by Crippen LogP contribution is 2.29. The molecule has 0 saturated heterocycles. The Morgan fingerprint density at radius 3 is 2.26 bits per heavy atom. The smallest absolute Gasteiger partial charge is 0.149 e. The molecule has 1 aliphatic carbocycles. The van der Waals surface area contributed by atoms with Crippen LogP contribution < -0.4 is 4.90 Å². The normalized spacial score (nSPS) is 16.6. The second kappa shape index (κ2) is 6.33. The van der Waals surface area contributed by atoms with E-state index >= 15 is 0 Å². The van der Waals surface area contributed by atoms with Gasteiger partial charge in [-0.15, -0.1) is 0 Å². The second-order valence-electron chi connectivity index (χ2n) is 5.45. The third-order valence-corrected chi connectivity index (χ3v) is 3.90. The average Bonchev–Trinajstić information content (AvgIpc) is 2.38. The largest absolute Gasteiger partial charge is 0.392 e. The van der Waals surface area contributed by atoms with Gasteiger partial charge in [-0.1, -0.05) is 19.3 Å². The van der Waals surface area contributed by atoms with Crippen molar-refractivity contribution in [2.75, 3.05) is 18.5 Å². The van der Waals surface area contributed by atoms with E-state index in [4.69, 9.17) is 5.11 Å². The third kappa shape index (κ3) is 3.44. The molecule has 19 heavy (non-hydrogen) atoms. The molecule has 1 aromatic rings. The Morgan fingerprint density at radius 1 is 1.16 bits per heavy atom. The van der Waals surface area contributed by atoms with Gasteiger partial charge >= 0.3 is 0 Å². The lowest BCUT2D eigenvalue weighted by molar-refractivity contribution is 0.280. The average molecular weight is 269 g/mol. The van der Waals surface area contributed by atoms with Crippen molar-refractivity contribution in [2.45, 2.75) is 38.7 Å². The summed E-state index contributed by atoms with van der Waals surface area (Å²) >= 11 is 0. The van der Waals surface area contributed by atoms with Crippen LogP contribution >= 0.6 is 0 Å². The van der Waals surface area contributed by atoms with Gasteiger partial charge in [-0.25, -0.2) is 8.78 Å². The van der Waals surface area contributed by atoms with Crippen molar-refractivity contribution in [3.63, 3.8) is 0 Å². The lowest BCUT2D eigenvalue weighted by atomic mass is 9.89. The molecule has 1 N–H and O–H groups in total. The Hall–Kier alpha value is -1.16. The van der Waals surface area contributed by atoms with Crippen molar-refractivity contribution in [1.82, 2.24) is 0 Å². The highest BCUT2D eigenvalue weighted by Gasteiger charge is 2.20. The molecule has 0 atom stereocenters. The van der Waals surface area contributed by atoms with Crippen molar-refractivity contribution in [2.24, 2.45) is 5.92 Å². The molecule has 1 aromatic carbocycles. The monoisotopic (exact) mass is 269 g/mol. The molecule has 2 rings (SSSR count). The van der Waals surface area contributed by atoms with Crippen LogP contribution in [0.4, 0.5) is 14.5 Å². The minimum atomic E-state index is -0.595. The fourth-order valence-corrected chi connectivity index (χ4v) is 2.92. The fourth-order valence-electron chi connectivity index (χ4n) is 2.92. The van der Waals surface area contributed by atoms with E-state index in [2.05, 4.69) is 0 Å². The molecule has 2 nitrogen and oxygen atoms in total. The maximum Gasteiger partial charge on any atom is 0.149 e. The van der Waals surface area contributed by atoms with Crippen LogP contribution in [0.5, 0.6) is 0 Å². The number of hydrogen-bond donors (Lipinski definition) is 1. The zero-order valence-corrected chi connectivity index (χ0v) is 11.3. The first-order valence-electron chi connectivity index (χ1n) is 6.91. The maximum atomic E-state index is 13.9. The number of anilines is 1. The molecule has 0 aliphatic heterocycles. The van der Waals surface area contributed by atoms with E-state index in [1.54, 1.807) is 11.9 Å². The molecule has 4 heteroatoms. The number of nitrogens with zero attached hydrogens (tertiary/aromatic N) is 1. The van der Waals surface area contributed by atoms with Crippen LogP contribution in [0, 0.1) is 17.6 Å². The summed E-state index contributed by atoms with van der Waals surface area (Å²) in [4.78, 5) is 1.67. The minimum Gasteiger partial charge on any atom is -0.392 e. The van der Waals surface area contributed by atoms with Gasteiger partial charge in [0.1, 0.15) is 17.3 Å². The summed E-state index contributed by atoms with van der Waals surface area (Å²) in [5.41, 5.74) is 0.285. The van der Waals surface area contributed by atoms with Crippen molar-refractivity contribution < 1.29 is 13.9 Å². The lowest BCUT2D eigenvalue weighted by Gasteiger charge is -2.29. The molecule has 0 amide bonds. The molecular weight excluding hydrogens is 248 g/mol. The quantitative estimate of drug-likeness (QED) is 0.904. The van der Waals surface area contributed by atoms with Crippen LogP contribution in [0.1, 0.15) is 37.7 Å². The number of aliphatic hydroxyl groups is 1. The molecular formula is C15H21F2NO. The van der Waals surface area contributed by atoms with Crippen LogP contribution in [-0.4, -0.2) is 18.7 Å². The van der Waals surface area contributed by atoms with Crippen LogP contribution in [0.25, 0.3) is 0 Å². The predicted molar refractivity (Wildman–Crippen MR) is 72.1 cm³/mol. The highest BCUT2D eigenvalue weighted by molar-refractivity contribution is 5.50. The molecule has 0 unspecified atom stereocenters. The van der Waals surface area contributed by atoms with Gasteiger partial charge in [-0.2, -0.15) is 0 Å². The molecule has 0 radical (unpaired) electrons. The number of halogens is 2.